The van der Waals surface area contributed by atoms with Crippen molar-refractivity contribution < 1.29 is 14.6 Å². The van der Waals surface area contributed by atoms with Gasteiger partial charge in [0.1, 0.15) is 18.1 Å². The first-order valence-electron chi connectivity index (χ1n) is 6.00. The highest BCUT2D eigenvalue weighted by molar-refractivity contribution is 5.32. The van der Waals surface area contributed by atoms with E-state index in [0.29, 0.717) is 13.2 Å². The summed E-state index contributed by atoms with van der Waals surface area (Å²) >= 11 is 0. The molecule has 0 aromatic heterocycles. The number of likely N-dealkylation sites (N-methyl/N-ethyl adjacent to an activating group) is 1. The first-order valence-corrected chi connectivity index (χ1v) is 6.00. The second-order valence-electron chi connectivity index (χ2n) is 3.66. The molecule has 0 amide bonds. The standard InChI is InChI=1S/C13H21NO3/c1-3-14-11(9-15)10-17-13-7-5-6-12(8-13)16-4-2/h5-8,11,14-15H,3-4,9-10H2,1-2H3. The summed E-state index contributed by atoms with van der Waals surface area (Å²) in [6.45, 7) is 5.91. The quantitative estimate of drug-likeness (QED) is 0.720. The summed E-state index contributed by atoms with van der Waals surface area (Å²) < 4.78 is 11.0. The zero-order valence-electron chi connectivity index (χ0n) is 10.5. The van der Waals surface area contributed by atoms with Gasteiger partial charge in [0, 0.05) is 6.07 Å². The zero-order chi connectivity index (χ0) is 12.5. The minimum atomic E-state index is -0.0317. The predicted molar refractivity (Wildman–Crippen MR) is 67.7 cm³/mol. The van der Waals surface area contributed by atoms with Gasteiger partial charge in [-0.1, -0.05) is 13.0 Å². The van der Waals surface area contributed by atoms with E-state index in [2.05, 4.69) is 5.32 Å². The Bertz CT molecular complexity index is 317. The molecule has 0 fully saturated rings. The molecule has 1 rings (SSSR count). The SMILES string of the molecule is CCNC(CO)COc1cccc(OCC)c1. The molecule has 1 aromatic rings. The van der Waals surface area contributed by atoms with Gasteiger partial charge >= 0.3 is 0 Å². The molecular weight excluding hydrogens is 218 g/mol. The molecule has 2 N–H and O–H groups in total. The second-order valence-corrected chi connectivity index (χ2v) is 3.66. The molecule has 0 heterocycles. The number of aliphatic hydroxyl groups excluding tert-OH is 1. The normalized spacial score (nSPS) is 12.2. The third-order valence-electron chi connectivity index (χ3n) is 2.28. The van der Waals surface area contributed by atoms with Crippen LogP contribution in [0, 0.1) is 0 Å². The molecule has 17 heavy (non-hydrogen) atoms. The Labute approximate surface area is 103 Å². The van der Waals surface area contributed by atoms with Gasteiger partial charge in [0.2, 0.25) is 0 Å². The number of nitrogens with one attached hydrogen (secondary N) is 1. The van der Waals surface area contributed by atoms with Crippen molar-refractivity contribution in [2.24, 2.45) is 0 Å². The van der Waals surface area contributed by atoms with E-state index in [0.717, 1.165) is 18.0 Å². The fraction of sp³-hybridized carbons (Fsp3) is 0.538. The zero-order valence-corrected chi connectivity index (χ0v) is 10.5. The molecule has 0 aliphatic carbocycles. The monoisotopic (exact) mass is 239 g/mol. The van der Waals surface area contributed by atoms with Crippen LogP contribution in [0.4, 0.5) is 0 Å². The van der Waals surface area contributed by atoms with Gasteiger partial charge in [0.15, 0.2) is 0 Å². The van der Waals surface area contributed by atoms with Crippen LogP contribution >= 0.6 is 0 Å². The summed E-state index contributed by atoms with van der Waals surface area (Å²) in [5, 5.41) is 12.2. The molecule has 0 saturated heterocycles. The minimum absolute atomic E-state index is 0.0317. The van der Waals surface area contributed by atoms with E-state index in [4.69, 9.17) is 14.6 Å². The Kier molecular flexibility index (Phi) is 6.43. The Balaban J connectivity index is 2.47. The molecule has 96 valence electrons. The summed E-state index contributed by atoms with van der Waals surface area (Å²) in [5.41, 5.74) is 0. The summed E-state index contributed by atoms with van der Waals surface area (Å²) in [6.07, 6.45) is 0. The Morgan fingerprint density at radius 1 is 1.24 bits per heavy atom. The topological polar surface area (TPSA) is 50.7 Å². The molecular formula is C13H21NO3. The number of benzene rings is 1. The fourth-order valence-corrected chi connectivity index (χ4v) is 1.48. The smallest absolute Gasteiger partial charge is 0.123 e. The van der Waals surface area contributed by atoms with Crippen LogP contribution in [0.2, 0.25) is 0 Å². The van der Waals surface area contributed by atoms with E-state index in [1.54, 1.807) is 0 Å². The summed E-state index contributed by atoms with van der Waals surface area (Å²) in [5.74, 6) is 1.56. The molecule has 1 aromatic carbocycles. The molecule has 0 spiro atoms. The lowest BCUT2D eigenvalue weighted by molar-refractivity contribution is 0.184. The molecule has 0 aliphatic rings. The number of hydrogen-bond acceptors (Lipinski definition) is 4. The van der Waals surface area contributed by atoms with Crippen molar-refractivity contribution in [1.29, 1.82) is 0 Å². The minimum Gasteiger partial charge on any atom is -0.494 e. The van der Waals surface area contributed by atoms with E-state index in [1.807, 2.05) is 38.1 Å². The summed E-state index contributed by atoms with van der Waals surface area (Å²) in [4.78, 5) is 0. The third-order valence-corrected chi connectivity index (χ3v) is 2.28. The van der Waals surface area contributed by atoms with Gasteiger partial charge in [-0.2, -0.15) is 0 Å². The number of aliphatic hydroxyl groups is 1. The highest BCUT2D eigenvalue weighted by Crippen LogP contribution is 2.19. The maximum Gasteiger partial charge on any atom is 0.123 e. The lowest BCUT2D eigenvalue weighted by Crippen LogP contribution is -2.37. The van der Waals surface area contributed by atoms with Crippen LogP contribution in [-0.2, 0) is 0 Å². The van der Waals surface area contributed by atoms with Crippen LogP contribution < -0.4 is 14.8 Å². The van der Waals surface area contributed by atoms with E-state index < -0.39 is 0 Å². The molecule has 4 nitrogen and oxygen atoms in total. The average Bonchev–Trinajstić information content (AvgIpc) is 2.35. The first kappa shape index (κ1) is 13.8. The van der Waals surface area contributed by atoms with E-state index in [-0.39, 0.29) is 12.6 Å². The van der Waals surface area contributed by atoms with Gasteiger partial charge in [0.05, 0.1) is 19.3 Å². The van der Waals surface area contributed by atoms with Crippen molar-refractivity contribution in [2.45, 2.75) is 19.9 Å². The number of hydrogen-bond donors (Lipinski definition) is 2. The van der Waals surface area contributed by atoms with E-state index in [9.17, 15) is 0 Å². The first-order chi connectivity index (χ1) is 8.30. The van der Waals surface area contributed by atoms with Crippen molar-refractivity contribution in [3.8, 4) is 11.5 Å². The highest BCUT2D eigenvalue weighted by Gasteiger charge is 2.06. The van der Waals surface area contributed by atoms with Crippen molar-refractivity contribution in [2.75, 3.05) is 26.4 Å². The van der Waals surface area contributed by atoms with Crippen LogP contribution in [0.1, 0.15) is 13.8 Å². The van der Waals surface area contributed by atoms with Crippen LogP contribution in [0.15, 0.2) is 24.3 Å². The highest BCUT2D eigenvalue weighted by atomic mass is 16.5. The molecule has 0 saturated carbocycles. The van der Waals surface area contributed by atoms with Gasteiger partial charge in [0.25, 0.3) is 0 Å². The average molecular weight is 239 g/mol. The fourth-order valence-electron chi connectivity index (χ4n) is 1.48. The molecule has 0 radical (unpaired) electrons. The molecule has 1 atom stereocenters. The van der Waals surface area contributed by atoms with Crippen molar-refractivity contribution >= 4 is 0 Å². The summed E-state index contributed by atoms with van der Waals surface area (Å²) in [7, 11) is 0. The molecule has 1 unspecified atom stereocenters. The van der Waals surface area contributed by atoms with Crippen LogP contribution in [0.3, 0.4) is 0 Å². The third kappa shape index (κ3) is 5.06. The lowest BCUT2D eigenvalue weighted by Gasteiger charge is -2.16. The predicted octanol–water partition coefficient (Wildman–Crippen LogP) is 1.43. The van der Waals surface area contributed by atoms with Crippen molar-refractivity contribution in [3.63, 3.8) is 0 Å². The maximum absolute atomic E-state index is 9.11. The van der Waals surface area contributed by atoms with Gasteiger partial charge in [-0.05, 0) is 25.6 Å². The largest absolute Gasteiger partial charge is 0.494 e. The van der Waals surface area contributed by atoms with Crippen LogP contribution in [0.25, 0.3) is 0 Å². The Morgan fingerprint density at radius 2 is 1.94 bits per heavy atom. The lowest BCUT2D eigenvalue weighted by atomic mass is 10.3. The second kappa shape index (κ2) is 7.92. The Hall–Kier alpha value is -1.26. The van der Waals surface area contributed by atoms with Crippen LogP contribution in [0.5, 0.6) is 11.5 Å². The van der Waals surface area contributed by atoms with Gasteiger partial charge in [-0.25, -0.2) is 0 Å². The van der Waals surface area contributed by atoms with E-state index in [1.165, 1.54) is 0 Å². The van der Waals surface area contributed by atoms with Crippen LogP contribution in [-0.4, -0.2) is 37.5 Å². The molecule has 0 bridgehead atoms. The Morgan fingerprint density at radius 3 is 2.53 bits per heavy atom. The van der Waals surface area contributed by atoms with Gasteiger partial charge in [-0.15, -0.1) is 0 Å². The number of rotatable bonds is 8. The van der Waals surface area contributed by atoms with Gasteiger partial charge < -0.3 is 19.9 Å². The molecule has 0 aliphatic heterocycles. The van der Waals surface area contributed by atoms with Crippen molar-refractivity contribution in [1.82, 2.24) is 5.32 Å². The molecule has 4 heteroatoms. The summed E-state index contributed by atoms with van der Waals surface area (Å²) in [6, 6.07) is 7.48. The maximum atomic E-state index is 9.11. The van der Waals surface area contributed by atoms with Gasteiger partial charge in [-0.3, -0.25) is 0 Å². The van der Waals surface area contributed by atoms with E-state index >= 15 is 0 Å². The number of ether oxygens (including phenoxy) is 2. The van der Waals surface area contributed by atoms with Crippen molar-refractivity contribution in [3.05, 3.63) is 24.3 Å².